The maximum atomic E-state index is 5.87. The van der Waals surface area contributed by atoms with Gasteiger partial charge in [-0.1, -0.05) is 11.6 Å². The fourth-order valence-corrected chi connectivity index (χ4v) is 1.74. The molecule has 0 radical (unpaired) electrons. The summed E-state index contributed by atoms with van der Waals surface area (Å²) in [6.07, 6.45) is 1.03. The van der Waals surface area contributed by atoms with Crippen LogP contribution in [0.5, 0.6) is 0 Å². The van der Waals surface area contributed by atoms with E-state index in [1.165, 1.54) is 5.56 Å². The molecule has 0 aliphatic carbocycles. The first-order chi connectivity index (χ1) is 4.84. The molecule has 3 heteroatoms. The number of hydrogen-bond donors (Lipinski definition) is 1. The van der Waals surface area contributed by atoms with Gasteiger partial charge in [-0.3, -0.25) is 0 Å². The van der Waals surface area contributed by atoms with Crippen LogP contribution in [0.25, 0.3) is 0 Å². The second-order valence-electron chi connectivity index (χ2n) is 2.07. The lowest BCUT2D eigenvalue weighted by atomic mass is 10.2. The lowest BCUT2D eigenvalue weighted by Crippen LogP contribution is -2.09. The molecule has 0 unspecified atom stereocenters. The second kappa shape index (κ2) is 3.96. The highest BCUT2D eigenvalue weighted by Crippen LogP contribution is 2.22. The maximum Gasteiger partial charge on any atom is 0.0960 e. The minimum atomic E-state index is 0.926. The third-order valence-corrected chi connectivity index (χ3v) is 2.59. The molecule has 0 aliphatic heterocycles. The van der Waals surface area contributed by atoms with Gasteiger partial charge in [0.1, 0.15) is 0 Å². The van der Waals surface area contributed by atoms with Crippen LogP contribution in [0.1, 0.15) is 5.56 Å². The number of hydrogen-bond acceptors (Lipinski definition) is 2. The van der Waals surface area contributed by atoms with Crippen molar-refractivity contribution >= 4 is 22.9 Å². The van der Waals surface area contributed by atoms with Crippen molar-refractivity contribution in [3.05, 3.63) is 21.3 Å². The Bertz CT molecular complexity index is 197. The highest BCUT2D eigenvalue weighted by atomic mass is 35.5. The van der Waals surface area contributed by atoms with Gasteiger partial charge in [-0.05, 0) is 37.0 Å². The Morgan fingerprint density at radius 1 is 1.70 bits per heavy atom. The molecule has 1 nitrogen and oxygen atoms in total. The Labute approximate surface area is 70.0 Å². The van der Waals surface area contributed by atoms with Crippen LogP contribution in [0.15, 0.2) is 11.4 Å². The number of thiophene rings is 1. The van der Waals surface area contributed by atoms with E-state index in [2.05, 4.69) is 11.4 Å². The Morgan fingerprint density at radius 2 is 2.50 bits per heavy atom. The van der Waals surface area contributed by atoms with Gasteiger partial charge in [0.2, 0.25) is 0 Å². The molecule has 0 atom stereocenters. The van der Waals surface area contributed by atoms with Crippen molar-refractivity contribution in [2.75, 3.05) is 13.6 Å². The average Bonchev–Trinajstić information content (AvgIpc) is 2.31. The summed E-state index contributed by atoms with van der Waals surface area (Å²) in [6.45, 7) is 0.996. The topological polar surface area (TPSA) is 12.0 Å². The van der Waals surface area contributed by atoms with Crippen molar-refractivity contribution in [2.45, 2.75) is 6.42 Å². The van der Waals surface area contributed by atoms with E-state index in [1.54, 1.807) is 11.3 Å². The molecule has 56 valence electrons. The Kier molecular flexibility index (Phi) is 3.19. The highest BCUT2D eigenvalue weighted by Gasteiger charge is 1.98. The summed E-state index contributed by atoms with van der Waals surface area (Å²) >= 11 is 7.46. The summed E-state index contributed by atoms with van der Waals surface area (Å²) in [5.41, 5.74) is 1.25. The van der Waals surface area contributed by atoms with Crippen molar-refractivity contribution < 1.29 is 0 Å². The summed E-state index contributed by atoms with van der Waals surface area (Å²) in [5, 5.41) is 5.10. The van der Waals surface area contributed by atoms with Gasteiger partial charge in [0, 0.05) is 0 Å². The molecule has 0 aliphatic rings. The van der Waals surface area contributed by atoms with Gasteiger partial charge in [0.25, 0.3) is 0 Å². The fourth-order valence-electron chi connectivity index (χ4n) is 0.758. The lowest BCUT2D eigenvalue weighted by molar-refractivity contribution is 0.793. The summed E-state index contributed by atoms with van der Waals surface area (Å²) in [7, 11) is 1.94. The Hall–Kier alpha value is -0.0500. The van der Waals surface area contributed by atoms with Crippen molar-refractivity contribution in [3.8, 4) is 0 Å². The molecule has 1 aromatic heterocycles. The molecule has 1 N–H and O–H groups in total. The van der Waals surface area contributed by atoms with E-state index in [4.69, 9.17) is 11.6 Å². The van der Waals surface area contributed by atoms with Crippen molar-refractivity contribution in [3.63, 3.8) is 0 Å². The van der Waals surface area contributed by atoms with E-state index < -0.39 is 0 Å². The molecule has 1 aromatic rings. The molecular weight excluding hydrogens is 166 g/mol. The van der Waals surface area contributed by atoms with E-state index in [-0.39, 0.29) is 0 Å². The van der Waals surface area contributed by atoms with Crippen LogP contribution >= 0.6 is 22.9 Å². The molecule has 0 spiro atoms. The minimum Gasteiger partial charge on any atom is -0.319 e. The first kappa shape index (κ1) is 8.05. The van der Waals surface area contributed by atoms with E-state index >= 15 is 0 Å². The zero-order valence-electron chi connectivity index (χ0n) is 5.86. The summed E-state index contributed by atoms with van der Waals surface area (Å²) in [6, 6.07) is 2.07. The summed E-state index contributed by atoms with van der Waals surface area (Å²) in [4.78, 5) is 0. The minimum absolute atomic E-state index is 0.926. The van der Waals surface area contributed by atoms with Gasteiger partial charge in [-0.15, -0.1) is 11.3 Å². The third kappa shape index (κ3) is 1.97. The van der Waals surface area contributed by atoms with Crippen molar-refractivity contribution in [1.29, 1.82) is 0 Å². The van der Waals surface area contributed by atoms with Crippen LogP contribution in [0, 0.1) is 0 Å². The van der Waals surface area contributed by atoms with Crippen LogP contribution in [0.3, 0.4) is 0 Å². The molecule has 0 bridgehead atoms. The Morgan fingerprint density at radius 3 is 3.00 bits per heavy atom. The first-order valence-electron chi connectivity index (χ1n) is 3.21. The van der Waals surface area contributed by atoms with Crippen LogP contribution in [-0.4, -0.2) is 13.6 Å². The van der Waals surface area contributed by atoms with Gasteiger partial charge in [0.05, 0.1) is 4.34 Å². The predicted octanol–water partition coefficient (Wildman–Crippen LogP) is 2.16. The molecule has 0 amide bonds. The summed E-state index contributed by atoms with van der Waals surface area (Å²) < 4.78 is 0.926. The Balaban J connectivity index is 2.49. The third-order valence-electron chi connectivity index (χ3n) is 1.34. The molecule has 0 saturated heterocycles. The van der Waals surface area contributed by atoms with E-state index in [1.807, 2.05) is 12.4 Å². The quantitative estimate of drug-likeness (QED) is 0.743. The number of halogens is 1. The monoisotopic (exact) mass is 175 g/mol. The normalized spacial score (nSPS) is 10.2. The highest BCUT2D eigenvalue weighted by molar-refractivity contribution is 7.14. The van der Waals surface area contributed by atoms with Crippen LogP contribution in [0.2, 0.25) is 4.34 Å². The van der Waals surface area contributed by atoms with Gasteiger partial charge in [0.15, 0.2) is 0 Å². The molecule has 0 aromatic carbocycles. The zero-order valence-corrected chi connectivity index (χ0v) is 7.43. The molecule has 1 rings (SSSR count). The summed E-state index contributed by atoms with van der Waals surface area (Å²) in [5.74, 6) is 0. The van der Waals surface area contributed by atoms with E-state index in [0.29, 0.717) is 0 Å². The van der Waals surface area contributed by atoms with Crippen molar-refractivity contribution in [1.82, 2.24) is 5.32 Å². The molecule has 1 heterocycles. The van der Waals surface area contributed by atoms with Crippen LogP contribution < -0.4 is 5.32 Å². The van der Waals surface area contributed by atoms with Gasteiger partial charge >= 0.3 is 0 Å². The SMILES string of the molecule is CNCCc1ccsc1Cl. The number of nitrogens with one attached hydrogen (secondary N) is 1. The van der Waals surface area contributed by atoms with Crippen LogP contribution in [0.4, 0.5) is 0 Å². The number of likely N-dealkylation sites (N-methyl/N-ethyl adjacent to an activating group) is 1. The number of rotatable bonds is 3. The smallest absolute Gasteiger partial charge is 0.0960 e. The molecule has 0 fully saturated rings. The van der Waals surface area contributed by atoms with E-state index in [9.17, 15) is 0 Å². The van der Waals surface area contributed by atoms with Crippen LogP contribution in [-0.2, 0) is 6.42 Å². The van der Waals surface area contributed by atoms with Gasteiger partial charge < -0.3 is 5.32 Å². The predicted molar refractivity (Wildman–Crippen MR) is 47.0 cm³/mol. The second-order valence-corrected chi connectivity index (χ2v) is 3.59. The van der Waals surface area contributed by atoms with E-state index in [0.717, 1.165) is 17.3 Å². The molecule has 0 saturated carbocycles. The lowest BCUT2D eigenvalue weighted by Gasteiger charge is -1.95. The molecular formula is C7H10ClNS. The standard InChI is InChI=1S/C7H10ClNS/c1-9-4-2-6-3-5-10-7(6)8/h3,5,9H,2,4H2,1H3. The fraction of sp³-hybridized carbons (Fsp3) is 0.429. The molecule has 10 heavy (non-hydrogen) atoms. The largest absolute Gasteiger partial charge is 0.319 e. The maximum absolute atomic E-state index is 5.87. The zero-order chi connectivity index (χ0) is 7.40. The van der Waals surface area contributed by atoms with Crippen molar-refractivity contribution in [2.24, 2.45) is 0 Å². The van der Waals surface area contributed by atoms with Gasteiger partial charge in [-0.25, -0.2) is 0 Å². The first-order valence-corrected chi connectivity index (χ1v) is 4.47. The van der Waals surface area contributed by atoms with Gasteiger partial charge in [-0.2, -0.15) is 0 Å². The average molecular weight is 176 g/mol.